The molecule has 0 spiro atoms. The van der Waals surface area contributed by atoms with E-state index >= 15 is 0 Å². The maximum atomic E-state index is 11.7. The van der Waals surface area contributed by atoms with Crippen LogP contribution in [0.1, 0.15) is 6.42 Å². The molecular weight excluding hydrogens is 230 g/mol. The number of hydrogen-bond acceptors (Lipinski definition) is 5. The molecule has 1 N–H and O–H groups in total. The molecule has 1 aromatic carbocycles. The molecule has 0 saturated heterocycles. The lowest BCUT2D eigenvalue weighted by molar-refractivity contribution is -0.641. The van der Waals surface area contributed by atoms with Crippen molar-refractivity contribution in [3.63, 3.8) is 0 Å². The van der Waals surface area contributed by atoms with Crippen LogP contribution in [0.15, 0.2) is 24.3 Å². The van der Waals surface area contributed by atoms with Gasteiger partial charge in [0.15, 0.2) is 0 Å². The number of anilines is 1. The minimum Gasteiger partial charge on any atom is -0.594 e. The molecule has 96 valence electrons. The quantitative estimate of drug-likeness (QED) is 0.477. The summed E-state index contributed by atoms with van der Waals surface area (Å²) in [5, 5.41) is 18.6. The van der Waals surface area contributed by atoms with E-state index in [-0.39, 0.29) is 0 Å². The van der Waals surface area contributed by atoms with E-state index in [1.165, 1.54) is 0 Å². The van der Waals surface area contributed by atoms with Gasteiger partial charge in [-0.15, -0.1) is 0 Å². The van der Waals surface area contributed by atoms with Crippen molar-refractivity contribution in [2.45, 2.75) is 6.42 Å². The Labute approximate surface area is 106 Å². The second kappa shape index (κ2) is 5.59. The summed E-state index contributed by atoms with van der Waals surface area (Å²) < 4.78 is 0. The van der Waals surface area contributed by atoms with Crippen molar-refractivity contribution in [1.82, 2.24) is 15.0 Å². The van der Waals surface area contributed by atoms with Crippen LogP contribution in [0, 0.1) is 5.21 Å². The van der Waals surface area contributed by atoms with Gasteiger partial charge in [-0.1, -0.05) is 12.1 Å². The van der Waals surface area contributed by atoms with Gasteiger partial charge in [0.2, 0.25) is 0 Å². The standard InChI is InChI=1S/C12H17N5O/c1-16(2)9-5-8-13-12-14-10-6-3-4-7-11(10)17(18)15-12/h3-4,6-7H,5,8-9H2,1-2H3,(H,13,14,15). The van der Waals surface area contributed by atoms with E-state index in [4.69, 9.17) is 0 Å². The molecule has 0 saturated carbocycles. The molecule has 2 rings (SSSR count). The van der Waals surface area contributed by atoms with Gasteiger partial charge < -0.3 is 15.4 Å². The van der Waals surface area contributed by atoms with Crippen molar-refractivity contribution in [2.24, 2.45) is 0 Å². The zero-order valence-electron chi connectivity index (χ0n) is 10.6. The summed E-state index contributed by atoms with van der Waals surface area (Å²) in [6, 6.07) is 7.16. The minimum atomic E-state index is 0.377. The van der Waals surface area contributed by atoms with Crippen LogP contribution >= 0.6 is 0 Å². The summed E-state index contributed by atoms with van der Waals surface area (Å²) in [4.78, 5) is 7.01. The Bertz CT molecular complexity index is 529. The van der Waals surface area contributed by atoms with Crippen molar-refractivity contribution >= 4 is 17.0 Å². The van der Waals surface area contributed by atoms with Crippen LogP contribution in [-0.2, 0) is 0 Å². The van der Waals surface area contributed by atoms with Gasteiger partial charge in [0, 0.05) is 12.6 Å². The van der Waals surface area contributed by atoms with Gasteiger partial charge in [-0.2, -0.15) is 0 Å². The molecule has 0 bridgehead atoms. The maximum absolute atomic E-state index is 11.7. The van der Waals surface area contributed by atoms with E-state index in [9.17, 15) is 5.21 Å². The van der Waals surface area contributed by atoms with Crippen LogP contribution < -0.4 is 10.2 Å². The molecule has 6 nitrogen and oxygen atoms in total. The van der Waals surface area contributed by atoms with Crippen LogP contribution in [0.3, 0.4) is 0 Å². The van der Waals surface area contributed by atoms with Crippen LogP contribution in [-0.4, -0.2) is 42.2 Å². The van der Waals surface area contributed by atoms with Crippen molar-refractivity contribution in [2.75, 3.05) is 32.5 Å². The molecule has 0 fully saturated rings. The molecule has 2 aromatic rings. The number of aromatic nitrogens is 3. The highest BCUT2D eigenvalue weighted by molar-refractivity contribution is 5.71. The second-order valence-electron chi connectivity index (χ2n) is 4.38. The van der Waals surface area contributed by atoms with Crippen LogP contribution in [0.25, 0.3) is 11.0 Å². The van der Waals surface area contributed by atoms with Gasteiger partial charge in [-0.25, -0.2) is 4.98 Å². The highest BCUT2D eigenvalue weighted by Gasteiger charge is 2.08. The van der Waals surface area contributed by atoms with Crippen LogP contribution in [0.2, 0.25) is 0 Å². The van der Waals surface area contributed by atoms with Crippen molar-refractivity contribution in [1.29, 1.82) is 0 Å². The summed E-state index contributed by atoms with van der Waals surface area (Å²) in [7, 11) is 4.05. The lowest BCUT2D eigenvalue weighted by atomic mass is 10.3. The first kappa shape index (κ1) is 12.5. The molecule has 0 aliphatic carbocycles. The van der Waals surface area contributed by atoms with E-state index in [1.807, 2.05) is 20.2 Å². The van der Waals surface area contributed by atoms with Gasteiger partial charge in [0.1, 0.15) is 5.52 Å². The van der Waals surface area contributed by atoms with E-state index in [1.54, 1.807) is 18.2 Å². The first-order valence-electron chi connectivity index (χ1n) is 5.92. The molecule has 0 unspecified atom stereocenters. The number of rotatable bonds is 5. The highest BCUT2D eigenvalue weighted by Crippen LogP contribution is 2.07. The predicted molar refractivity (Wildman–Crippen MR) is 70.2 cm³/mol. The summed E-state index contributed by atoms with van der Waals surface area (Å²) in [5.41, 5.74) is 1.13. The third kappa shape index (κ3) is 3.04. The Balaban J connectivity index is 2.05. The van der Waals surface area contributed by atoms with Gasteiger partial charge in [0.05, 0.1) is 5.10 Å². The zero-order chi connectivity index (χ0) is 13.0. The smallest absolute Gasteiger partial charge is 0.290 e. The van der Waals surface area contributed by atoms with Gasteiger partial charge in [0.25, 0.3) is 11.5 Å². The fraction of sp³-hybridized carbons (Fsp3) is 0.417. The first-order valence-corrected chi connectivity index (χ1v) is 5.92. The average molecular weight is 247 g/mol. The molecule has 6 heteroatoms. The van der Waals surface area contributed by atoms with Gasteiger partial charge >= 0.3 is 0 Å². The predicted octanol–water partition coefficient (Wildman–Crippen LogP) is 0.627. The molecule has 0 amide bonds. The van der Waals surface area contributed by atoms with Crippen molar-refractivity contribution in [3.8, 4) is 0 Å². The minimum absolute atomic E-state index is 0.377. The van der Waals surface area contributed by atoms with Crippen molar-refractivity contribution in [3.05, 3.63) is 29.5 Å². The summed E-state index contributed by atoms with van der Waals surface area (Å²) >= 11 is 0. The molecule has 18 heavy (non-hydrogen) atoms. The summed E-state index contributed by atoms with van der Waals surface area (Å²) in [5.74, 6) is 0.377. The molecule has 0 radical (unpaired) electrons. The molecular formula is C12H17N5O. The number of fused-ring (bicyclic) bond motifs is 1. The molecule has 0 aliphatic heterocycles. The maximum Gasteiger partial charge on any atom is 0.290 e. The summed E-state index contributed by atoms with van der Waals surface area (Å²) in [6.45, 7) is 1.73. The topological polar surface area (TPSA) is 68.0 Å². The second-order valence-corrected chi connectivity index (χ2v) is 4.38. The monoisotopic (exact) mass is 247 g/mol. The number of hydrogen-bond donors (Lipinski definition) is 1. The average Bonchev–Trinajstić information content (AvgIpc) is 2.35. The molecule has 0 atom stereocenters. The SMILES string of the molecule is CN(C)CCCNc1nc2ccccc2[n+]([O-])n1. The molecule has 0 aliphatic rings. The number of benzene rings is 1. The number of para-hydroxylation sites is 2. The summed E-state index contributed by atoms with van der Waals surface area (Å²) in [6.07, 6.45) is 0.974. The van der Waals surface area contributed by atoms with Gasteiger partial charge in [-0.05, 0) is 38.0 Å². The Morgan fingerprint density at radius 1 is 1.33 bits per heavy atom. The van der Waals surface area contributed by atoms with Crippen molar-refractivity contribution < 1.29 is 4.85 Å². The van der Waals surface area contributed by atoms with E-state index < -0.39 is 0 Å². The highest BCUT2D eigenvalue weighted by atomic mass is 16.5. The third-order valence-corrected chi connectivity index (χ3v) is 2.56. The Morgan fingerprint density at radius 3 is 2.89 bits per heavy atom. The fourth-order valence-electron chi connectivity index (χ4n) is 1.67. The Morgan fingerprint density at radius 2 is 2.11 bits per heavy atom. The lowest BCUT2D eigenvalue weighted by Crippen LogP contribution is -2.33. The van der Waals surface area contributed by atoms with E-state index in [2.05, 4.69) is 20.3 Å². The third-order valence-electron chi connectivity index (χ3n) is 2.56. The number of nitrogens with one attached hydrogen (secondary N) is 1. The van der Waals surface area contributed by atoms with Crippen LogP contribution in [0.5, 0.6) is 0 Å². The first-order chi connectivity index (χ1) is 8.66. The lowest BCUT2D eigenvalue weighted by Gasteiger charge is -2.09. The number of nitrogens with zero attached hydrogens (tertiary/aromatic N) is 4. The molecule has 1 aromatic heterocycles. The fourth-order valence-corrected chi connectivity index (χ4v) is 1.67. The van der Waals surface area contributed by atoms with Gasteiger partial charge in [-0.3, -0.25) is 0 Å². The van der Waals surface area contributed by atoms with Crippen LogP contribution in [0.4, 0.5) is 5.95 Å². The Hall–Kier alpha value is -1.95. The zero-order valence-corrected chi connectivity index (χ0v) is 10.6. The largest absolute Gasteiger partial charge is 0.594 e. The Kier molecular flexibility index (Phi) is 3.88. The normalized spacial score (nSPS) is 11.1. The van der Waals surface area contributed by atoms with E-state index in [0.29, 0.717) is 21.8 Å². The molecule has 1 heterocycles. The van der Waals surface area contributed by atoms with E-state index in [0.717, 1.165) is 19.5 Å².